The van der Waals surface area contributed by atoms with Crippen LogP contribution in [-0.4, -0.2) is 36.3 Å². The zero-order valence-corrected chi connectivity index (χ0v) is 12.5. The van der Waals surface area contributed by atoms with E-state index in [9.17, 15) is 0 Å². The van der Waals surface area contributed by atoms with Gasteiger partial charge in [-0.25, -0.2) is 4.98 Å². The molecule has 5 heteroatoms. The lowest BCUT2D eigenvalue weighted by Crippen LogP contribution is -2.21. The minimum absolute atomic E-state index is 0.579. The van der Waals surface area contributed by atoms with E-state index in [1.165, 1.54) is 0 Å². The first-order chi connectivity index (χ1) is 9.81. The second kappa shape index (κ2) is 8.04. The third-order valence-electron chi connectivity index (χ3n) is 3.43. The highest BCUT2D eigenvalue weighted by molar-refractivity contribution is 5.38. The molecule has 0 radical (unpaired) electrons. The molecule has 0 unspecified atom stereocenters. The van der Waals surface area contributed by atoms with Gasteiger partial charge in [0.2, 0.25) is 5.88 Å². The molecule has 0 spiro atoms. The maximum Gasteiger partial charge on any atom is 0.218 e. The number of ether oxygens (including phenoxy) is 2. The second-order valence-corrected chi connectivity index (χ2v) is 5.15. The van der Waals surface area contributed by atoms with Crippen molar-refractivity contribution in [3.05, 3.63) is 11.9 Å². The van der Waals surface area contributed by atoms with E-state index in [-0.39, 0.29) is 0 Å². The van der Waals surface area contributed by atoms with Gasteiger partial charge in [0.1, 0.15) is 11.6 Å². The van der Waals surface area contributed by atoms with Crippen molar-refractivity contribution in [2.45, 2.75) is 39.5 Å². The SMILES string of the molecule is CCCNc1cc(OCC2CCOCC2)nc(CC)n1. The normalized spacial score (nSPS) is 16.1. The molecule has 0 atom stereocenters. The lowest BCUT2D eigenvalue weighted by molar-refractivity contribution is 0.0490. The highest BCUT2D eigenvalue weighted by Crippen LogP contribution is 2.18. The van der Waals surface area contributed by atoms with E-state index in [0.717, 1.165) is 63.7 Å². The smallest absolute Gasteiger partial charge is 0.218 e. The Kier molecular flexibility index (Phi) is 6.05. The van der Waals surface area contributed by atoms with Crippen LogP contribution in [0.4, 0.5) is 5.82 Å². The van der Waals surface area contributed by atoms with Crippen molar-refractivity contribution in [1.82, 2.24) is 9.97 Å². The van der Waals surface area contributed by atoms with E-state index in [4.69, 9.17) is 9.47 Å². The maximum absolute atomic E-state index is 5.86. The Morgan fingerprint density at radius 3 is 2.80 bits per heavy atom. The van der Waals surface area contributed by atoms with E-state index in [2.05, 4.69) is 29.1 Å². The Morgan fingerprint density at radius 1 is 1.30 bits per heavy atom. The van der Waals surface area contributed by atoms with Crippen molar-refractivity contribution in [1.29, 1.82) is 0 Å². The third kappa shape index (κ3) is 4.63. The first-order valence-corrected chi connectivity index (χ1v) is 7.64. The molecule has 20 heavy (non-hydrogen) atoms. The molecule has 1 aromatic rings. The summed E-state index contributed by atoms with van der Waals surface area (Å²) in [6.45, 7) is 7.53. The molecule has 1 fully saturated rings. The average molecular weight is 279 g/mol. The molecular formula is C15H25N3O2. The van der Waals surface area contributed by atoms with Gasteiger partial charge in [0.15, 0.2) is 0 Å². The number of nitrogens with zero attached hydrogens (tertiary/aromatic N) is 2. The molecule has 0 amide bonds. The number of aromatic nitrogens is 2. The van der Waals surface area contributed by atoms with Gasteiger partial charge < -0.3 is 14.8 Å². The molecular weight excluding hydrogens is 254 g/mol. The van der Waals surface area contributed by atoms with Crippen LogP contribution in [0.5, 0.6) is 5.88 Å². The van der Waals surface area contributed by atoms with Gasteiger partial charge >= 0.3 is 0 Å². The summed E-state index contributed by atoms with van der Waals surface area (Å²) in [7, 11) is 0. The topological polar surface area (TPSA) is 56.3 Å². The number of hydrogen-bond donors (Lipinski definition) is 1. The standard InChI is InChI=1S/C15H25N3O2/c1-3-7-16-14-10-15(18-13(4-2)17-14)20-11-12-5-8-19-9-6-12/h10,12H,3-9,11H2,1-2H3,(H,16,17,18). The zero-order valence-electron chi connectivity index (χ0n) is 12.5. The molecule has 2 heterocycles. The van der Waals surface area contributed by atoms with E-state index < -0.39 is 0 Å². The molecule has 0 bridgehead atoms. The van der Waals surface area contributed by atoms with Gasteiger partial charge in [-0.2, -0.15) is 4.98 Å². The lowest BCUT2D eigenvalue weighted by atomic mass is 10.0. The van der Waals surface area contributed by atoms with Crippen LogP contribution in [0.1, 0.15) is 38.9 Å². The van der Waals surface area contributed by atoms with Crippen LogP contribution in [-0.2, 0) is 11.2 Å². The Balaban J connectivity index is 1.94. The number of nitrogens with one attached hydrogen (secondary N) is 1. The minimum Gasteiger partial charge on any atom is -0.477 e. The average Bonchev–Trinajstić information content (AvgIpc) is 2.51. The summed E-state index contributed by atoms with van der Waals surface area (Å²) in [6.07, 6.45) is 4.04. The van der Waals surface area contributed by atoms with Gasteiger partial charge in [-0.15, -0.1) is 0 Å². The fourth-order valence-corrected chi connectivity index (χ4v) is 2.16. The molecule has 0 saturated carbocycles. The van der Waals surface area contributed by atoms with Crippen molar-refractivity contribution < 1.29 is 9.47 Å². The number of rotatable bonds is 7. The maximum atomic E-state index is 5.86. The summed E-state index contributed by atoms with van der Waals surface area (Å²) >= 11 is 0. The Bertz CT molecular complexity index is 406. The Hall–Kier alpha value is -1.36. The fraction of sp³-hybridized carbons (Fsp3) is 0.733. The molecule has 1 N–H and O–H groups in total. The van der Waals surface area contributed by atoms with Crippen LogP contribution in [0.2, 0.25) is 0 Å². The zero-order chi connectivity index (χ0) is 14.2. The van der Waals surface area contributed by atoms with Crippen LogP contribution in [0.15, 0.2) is 6.07 Å². The van der Waals surface area contributed by atoms with Crippen molar-refractivity contribution in [2.75, 3.05) is 31.7 Å². The Morgan fingerprint density at radius 2 is 2.10 bits per heavy atom. The summed E-state index contributed by atoms with van der Waals surface area (Å²) in [5.41, 5.74) is 0. The molecule has 1 aliphatic heterocycles. The monoisotopic (exact) mass is 279 g/mol. The van der Waals surface area contributed by atoms with Gasteiger partial charge in [0, 0.05) is 32.2 Å². The van der Waals surface area contributed by atoms with Crippen molar-refractivity contribution in [2.24, 2.45) is 5.92 Å². The quantitative estimate of drug-likeness (QED) is 0.831. The summed E-state index contributed by atoms with van der Waals surface area (Å²) < 4.78 is 11.2. The summed E-state index contributed by atoms with van der Waals surface area (Å²) in [4.78, 5) is 8.90. The predicted molar refractivity (Wildman–Crippen MR) is 79.2 cm³/mol. The van der Waals surface area contributed by atoms with Crippen molar-refractivity contribution >= 4 is 5.82 Å². The van der Waals surface area contributed by atoms with Gasteiger partial charge in [-0.3, -0.25) is 0 Å². The van der Waals surface area contributed by atoms with E-state index >= 15 is 0 Å². The molecule has 5 nitrogen and oxygen atoms in total. The van der Waals surface area contributed by atoms with Crippen LogP contribution < -0.4 is 10.1 Å². The minimum atomic E-state index is 0.579. The second-order valence-electron chi connectivity index (χ2n) is 5.15. The number of anilines is 1. The lowest BCUT2D eigenvalue weighted by Gasteiger charge is -2.22. The van der Waals surface area contributed by atoms with Crippen LogP contribution >= 0.6 is 0 Å². The van der Waals surface area contributed by atoms with Gasteiger partial charge in [0.05, 0.1) is 6.61 Å². The highest BCUT2D eigenvalue weighted by Gasteiger charge is 2.15. The highest BCUT2D eigenvalue weighted by atomic mass is 16.5. The first-order valence-electron chi connectivity index (χ1n) is 7.64. The number of hydrogen-bond acceptors (Lipinski definition) is 5. The van der Waals surface area contributed by atoms with Gasteiger partial charge in [-0.05, 0) is 25.2 Å². The van der Waals surface area contributed by atoms with E-state index in [1.54, 1.807) is 0 Å². The number of aryl methyl sites for hydroxylation is 1. The van der Waals surface area contributed by atoms with Crippen LogP contribution in [0, 0.1) is 5.92 Å². The molecule has 1 aliphatic rings. The van der Waals surface area contributed by atoms with E-state index in [1.807, 2.05) is 6.07 Å². The molecule has 1 saturated heterocycles. The molecule has 0 aromatic carbocycles. The molecule has 2 rings (SSSR count). The Labute approximate surface area is 121 Å². The van der Waals surface area contributed by atoms with Crippen LogP contribution in [0.25, 0.3) is 0 Å². The largest absolute Gasteiger partial charge is 0.477 e. The van der Waals surface area contributed by atoms with Crippen molar-refractivity contribution in [3.63, 3.8) is 0 Å². The molecule has 0 aliphatic carbocycles. The van der Waals surface area contributed by atoms with Crippen molar-refractivity contribution in [3.8, 4) is 5.88 Å². The van der Waals surface area contributed by atoms with Gasteiger partial charge in [-0.1, -0.05) is 13.8 Å². The van der Waals surface area contributed by atoms with E-state index in [0.29, 0.717) is 11.8 Å². The predicted octanol–water partition coefficient (Wildman–Crippen LogP) is 2.67. The third-order valence-corrected chi connectivity index (χ3v) is 3.43. The summed E-state index contributed by atoms with van der Waals surface area (Å²) in [5.74, 6) is 2.95. The summed E-state index contributed by atoms with van der Waals surface area (Å²) in [6, 6.07) is 1.90. The summed E-state index contributed by atoms with van der Waals surface area (Å²) in [5, 5.41) is 3.30. The van der Waals surface area contributed by atoms with Gasteiger partial charge in [0.25, 0.3) is 0 Å². The first kappa shape index (κ1) is 15.0. The van der Waals surface area contributed by atoms with Crippen LogP contribution in [0.3, 0.4) is 0 Å². The molecule has 1 aromatic heterocycles. The molecule has 112 valence electrons. The fourth-order valence-electron chi connectivity index (χ4n) is 2.16.